The molecule has 1 unspecified atom stereocenters. The van der Waals surface area contributed by atoms with Crippen LogP contribution in [0.3, 0.4) is 0 Å². The van der Waals surface area contributed by atoms with Gasteiger partial charge in [0.15, 0.2) is 0 Å². The number of piperidine rings is 1. The minimum absolute atomic E-state index is 0.186. The number of benzene rings is 1. The van der Waals surface area contributed by atoms with Gasteiger partial charge in [-0.25, -0.2) is 0 Å². The highest BCUT2D eigenvalue weighted by Gasteiger charge is 2.35. The minimum Gasteiger partial charge on any atom is -0.490 e. The van der Waals surface area contributed by atoms with Crippen molar-refractivity contribution >= 4 is 18.7 Å². The molecule has 1 aromatic carbocycles. The van der Waals surface area contributed by atoms with Crippen molar-refractivity contribution in [2.24, 2.45) is 5.92 Å². The Morgan fingerprint density at radius 3 is 2.33 bits per heavy atom. The van der Waals surface area contributed by atoms with Crippen LogP contribution in [0.5, 0.6) is 5.75 Å². The number of aliphatic hydroxyl groups is 1. The zero-order valence-electron chi connectivity index (χ0n) is 19.6. The van der Waals surface area contributed by atoms with Crippen LogP contribution in [0.25, 0.3) is 0 Å². The second-order valence-electron chi connectivity index (χ2n) is 9.72. The fourth-order valence-corrected chi connectivity index (χ4v) is 3.21. The number of Topliss-reactive ketones (excluding diaryl/α,β-unsaturated/α-hetero) is 1. The van der Waals surface area contributed by atoms with Crippen LogP contribution in [0, 0.1) is 5.92 Å². The third kappa shape index (κ3) is 7.71. The normalized spacial score (nSPS) is 17.6. The van der Waals surface area contributed by atoms with Crippen molar-refractivity contribution in [3.63, 3.8) is 0 Å². The van der Waals surface area contributed by atoms with Crippen LogP contribution in [0.4, 0.5) is 0 Å². The number of hydrogen-bond donors (Lipinski definition) is 1. The molecule has 167 valence electrons. The topological polar surface area (TPSA) is 59.0 Å². The maximum absolute atomic E-state index is 12.2. The van der Waals surface area contributed by atoms with Gasteiger partial charge >= 0.3 is 7.48 Å². The number of ether oxygens (including phenoxy) is 1. The first-order chi connectivity index (χ1) is 14.0. The second-order valence-corrected chi connectivity index (χ2v) is 9.72. The van der Waals surface area contributed by atoms with Gasteiger partial charge in [-0.1, -0.05) is 37.9 Å². The van der Waals surface area contributed by atoms with Crippen molar-refractivity contribution < 1.29 is 19.3 Å². The Hall–Kier alpha value is -1.37. The Balaban J connectivity index is 1.75. The maximum Gasteiger partial charge on any atom is 0.330 e. The Kier molecular flexibility index (Phi) is 8.95. The summed E-state index contributed by atoms with van der Waals surface area (Å²) in [5, 5.41) is 10.2. The first-order valence-electron chi connectivity index (χ1n) is 11.2. The molecule has 2 rings (SSSR count). The van der Waals surface area contributed by atoms with Crippen LogP contribution in [0.2, 0.25) is 0 Å². The number of carbonyl (C=O) groups excluding carboxylic acids is 1. The summed E-state index contributed by atoms with van der Waals surface area (Å²) in [5.41, 5.74) is -0.707. The molecule has 1 radical (unpaired) electrons. The van der Waals surface area contributed by atoms with Gasteiger partial charge in [0.25, 0.3) is 0 Å². The molecule has 0 aromatic heterocycles. The van der Waals surface area contributed by atoms with E-state index in [1.165, 1.54) is 0 Å². The first-order valence-corrected chi connectivity index (χ1v) is 11.2. The quantitative estimate of drug-likeness (QED) is 0.561. The Bertz CT molecular complexity index is 661. The van der Waals surface area contributed by atoms with Gasteiger partial charge in [-0.3, -0.25) is 9.69 Å². The van der Waals surface area contributed by atoms with E-state index in [9.17, 15) is 9.90 Å². The molecule has 0 bridgehead atoms. The van der Waals surface area contributed by atoms with E-state index in [-0.39, 0.29) is 6.10 Å². The van der Waals surface area contributed by atoms with E-state index in [0.29, 0.717) is 24.7 Å². The third-order valence-corrected chi connectivity index (χ3v) is 6.35. The van der Waals surface area contributed by atoms with Crippen molar-refractivity contribution in [3.8, 4) is 5.75 Å². The smallest absolute Gasteiger partial charge is 0.330 e. The Morgan fingerprint density at radius 1 is 1.20 bits per heavy atom. The highest BCUT2D eigenvalue weighted by atomic mass is 16.5. The number of ketones is 1. The summed E-state index contributed by atoms with van der Waals surface area (Å²) in [7, 11) is 1.68. The van der Waals surface area contributed by atoms with Crippen LogP contribution in [0.1, 0.15) is 67.2 Å². The van der Waals surface area contributed by atoms with Gasteiger partial charge in [0.2, 0.25) is 0 Å². The molecule has 1 fully saturated rings. The molecule has 1 N–H and O–H groups in total. The van der Waals surface area contributed by atoms with E-state index in [2.05, 4.69) is 18.7 Å². The molecule has 1 saturated heterocycles. The van der Waals surface area contributed by atoms with Gasteiger partial charge in [0.05, 0.1) is 17.7 Å². The van der Waals surface area contributed by atoms with Crippen molar-refractivity contribution in [3.05, 3.63) is 24.3 Å². The summed E-state index contributed by atoms with van der Waals surface area (Å²) < 4.78 is 11.9. The average molecular weight is 416 g/mol. The molecule has 0 aliphatic carbocycles. The minimum atomic E-state index is -0.944. The SMILES string of the molecule is CCC(C)CC(=O)CN1CCC(Oc2ccc([B]OC(C)(C)C(C)(C)O)cc2)CC1. The van der Waals surface area contributed by atoms with Crippen molar-refractivity contribution in [2.75, 3.05) is 19.6 Å². The molecule has 1 aliphatic heterocycles. The van der Waals surface area contributed by atoms with E-state index >= 15 is 0 Å². The summed E-state index contributed by atoms with van der Waals surface area (Å²) in [4.78, 5) is 14.4. The fraction of sp³-hybridized carbons (Fsp3) is 0.708. The highest BCUT2D eigenvalue weighted by Crippen LogP contribution is 2.24. The molecule has 0 spiro atoms. The molecule has 0 amide bonds. The average Bonchev–Trinajstić information content (AvgIpc) is 2.68. The Morgan fingerprint density at radius 2 is 1.80 bits per heavy atom. The Labute approximate surface area is 183 Å². The van der Waals surface area contributed by atoms with Gasteiger partial charge < -0.3 is 14.5 Å². The van der Waals surface area contributed by atoms with Crippen molar-refractivity contribution in [2.45, 2.75) is 84.5 Å². The summed E-state index contributed by atoms with van der Waals surface area (Å²) >= 11 is 0. The fourth-order valence-electron chi connectivity index (χ4n) is 3.21. The van der Waals surface area contributed by atoms with Gasteiger partial charge in [0, 0.05) is 19.5 Å². The lowest BCUT2D eigenvalue weighted by Gasteiger charge is -2.37. The molecule has 30 heavy (non-hydrogen) atoms. The molecule has 1 aromatic rings. The molecule has 5 nitrogen and oxygen atoms in total. The predicted molar refractivity (Wildman–Crippen MR) is 122 cm³/mol. The van der Waals surface area contributed by atoms with Crippen LogP contribution in [0.15, 0.2) is 24.3 Å². The molecule has 6 heteroatoms. The van der Waals surface area contributed by atoms with Crippen LogP contribution < -0.4 is 10.2 Å². The van der Waals surface area contributed by atoms with E-state index in [1.54, 1.807) is 21.3 Å². The number of likely N-dealkylation sites (tertiary alicyclic amines) is 1. The first kappa shape index (κ1) is 24.9. The van der Waals surface area contributed by atoms with Gasteiger partial charge in [-0.05, 0) is 58.6 Å². The molecular formula is C24H39BNO4. The standard InChI is InChI=1S/C24H39BNO4/c1-7-18(2)16-20(27)17-26-14-12-22(13-15-26)29-21-10-8-19(9-11-21)25-30-24(5,6)23(3,4)28/h8-11,18,22,28H,7,12-17H2,1-6H3. The predicted octanol–water partition coefficient (Wildman–Crippen LogP) is 3.35. The van der Waals surface area contributed by atoms with Crippen molar-refractivity contribution in [1.29, 1.82) is 0 Å². The van der Waals surface area contributed by atoms with Gasteiger partial charge in [0.1, 0.15) is 17.6 Å². The number of nitrogens with zero attached hydrogens (tertiary/aromatic N) is 1. The number of hydrogen-bond acceptors (Lipinski definition) is 5. The number of carbonyl (C=O) groups is 1. The number of rotatable bonds is 11. The van der Waals surface area contributed by atoms with E-state index < -0.39 is 11.2 Å². The molecule has 1 atom stereocenters. The van der Waals surface area contributed by atoms with E-state index in [1.807, 2.05) is 38.1 Å². The second kappa shape index (κ2) is 10.8. The maximum atomic E-state index is 12.2. The third-order valence-electron chi connectivity index (χ3n) is 6.35. The summed E-state index contributed by atoms with van der Waals surface area (Å²) in [6, 6.07) is 7.82. The van der Waals surface area contributed by atoms with E-state index in [4.69, 9.17) is 9.39 Å². The molecule has 0 saturated carbocycles. The van der Waals surface area contributed by atoms with Crippen LogP contribution in [-0.2, 0) is 9.45 Å². The van der Waals surface area contributed by atoms with E-state index in [0.717, 1.165) is 43.6 Å². The van der Waals surface area contributed by atoms with Crippen molar-refractivity contribution in [1.82, 2.24) is 4.90 Å². The largest absolute Gasteiger partial charge is 0.490 e. The zero-order chi connectivity index (χ0) is 22.4. The lowest BCUT2D eigenvalue weighted by Crippen LogP contribution is -2.49. The summed E-state index contributed by atoms with van der Waals surface area (Å²) in [6.07, 6.45) is 3.81. The molecule has 1 aliphatic rings. The lowest BCUT2D eigenvalue weighted by atomic mass is 9.82. The monoisotopic (exact) mass is 416 g/mol. The van der Waals surface area contributed by atoms with Gasteiger partial charge in [-0.2, -0.15) is 0 Å². The highest BCUT2D eigenvalue weighted by molar-refractivity contribution is 6.47. The van der Waals surface area contributed by atoms with Gasteiger partial charge in [-0.15, -0.1) is 0 Å². The molecular weight excluding hydrogens is 377 g/mol. The van der Waals surface area contributed by atoms with Crippen LogP contribution in [-0.4, -0.2) is 60.2 Å². The zero-order valence-corrected chi connectivity index (χ0v) is 19.6. The summed E-state index contributed by atoms with van der Waals surface area (Å²) in [5.74, 6) is 1.68. The molecule has 1 heterocycles. The summed E-state index contributed by atoms with van der Waals surface area (Å²) in [6.45, 7) is 13.9. The van der Waals surface area contributed by atoms with Crippen LogP contribution >= 0.6 is 0 Å². The lowest BCUT2D eigenvalue weighted by molar-refractivity contribution is -0.121.